The molecule has 23 heavy (non-hydrogen) atoms. The summed E-state index contributed by atoms with van der Waals surface area (Å²) < 4.78 is 13.8. The van der Waals surface area contributed by atoms with Crippen LogP contribution in [0.1, 0.15) is 43.2 Å². The van der Waals surface area contributed by atoms with Crippen LogP contribution in [-0.2, 0) is 16.1 Å². The van der Waals surface area contributed by atoms with Gasteiger partial charge >= 0.3 is 0 Å². The van der Waals surface area contributed by atoms with Crippen molar-refractivity contribution in [3.63, 3.8) is 0 Å². The van der Waals surface area contributed by atoms with Crippen LogP contribution < -0.4 is 5.32 Å². The van der Waals surface area contributed by atoms with Crippen LogP contribution in [0.15, 0.2) is 18.2 Å². The van der Waals surface area contributed by atoms with E-state index in [1.54, 1.807) is 6.07 Å². The zero-order chi connectivity index (χ0) is 16.4. The molecule has 0 aromatic heterocycles. The number of rotatable bonds is 4. The van der Waals surface area contributed by atoms with Gasteiger partial charge in [0.1, 0.15) is 5.82 Å². The van der Waals surface area contributed by atoms with Gasteiger partial charge in [0.2, 0.25) is 11.8 Å². The maximum Gasteiger partial charge on any atom is 0.225 e. The number of nitrogens with one attached hydrogen (secondary N) is 1. The van der Waals surface area contributed by atoms with Gasteiger partial charge < -0.3 is 10.2 Å². The lowest BCUT2D eigenvalue weighted by Crippen LogP contribution is -2.37. The van der Waals surface area contributed by atoms with E-state index in [1.165, 1.54) is 6.07 Å². The third kappa shape index (κ3) is 3.38. The maximum absolute atomic E-state index is 13.8. The number of amides is 2. The van der Waals surface area contributed by atoms with E-state index in [9.17, 15) is 14.0 Å². The van der Waals surface area contributed by atoms with Crippen molar-refractivity contribution in [1.29, 1.82) is 0 Å². The first-order valence-electron chi connectivity index (χ1n) is 8.37. The molecule has 124 valence electrons. The van der Waals surface area contributed by atoms with Gasteiger partial charge in [-0.1, -0.05) is 25.0 Å². The molecule has 5 heteroatoms. The van der Waals surface area contributed by atoms with E-state index in [0.717, 1.165) is 31.2 Å². The first-order chi connectivity index (χ1) is 11.1. The minimum atomic E-state index is -0.310. The average molecular weight is 318 g/mol. The summed E-state index contributed by atoms with van der Waals surface area (Å²) in [5.74, 6) is -0.684. The summed E-state index contributed by atoms with van der Waals surface area (Å²) in [4.78, 5) is 26.4. The van der Waals surface area contributed by atoms with Crippen molar-refractivity contribution >= 4 is 11.8 Å². The van der Waals surface area contributed by atoms with Crippen molar-refractivity contribution in [1.82, 2.24) is 10.2 Å². The first-order valence-corrected chi connectivity index (χ1v) is 8.37. The van der Waals surface area contributed by atoms with Crippen molar-refractivity contribution in [2.45, 2.75) is 51.6 Å². The summed E-state index contributed by atoms with van der Waals surface area (Å²) >= 11 is 0. The summed E-state index contributed by atoms with van der Waals surface area (Å²) in [6.07, 6.45) is 4.71. The minimum Gasteiger partial charge on any atom is -0.352 e. The lowest BCUT2D eigenvalue weighted by molar-refractivity contribution is -0.130. The van der Waals surface area contributed by atoms with Crippen LogP contribution in [0, 0.1) is 18.7 Å². The maximum atomic E-state index is 13.8. The second-order valence-corrected chi connectivity index (χ2v) is 6.64. The second kappa shape index (κ2) is 6.69. The van der Waals surface area contributed by atoms with E-state index < -0.39 is 0 Å². The van der Waals surface area contributed by atoms with Gasteiger partial charge in [-0.05, 0) is 31.4 Å². The zero-order valence-corrected chi connectivity index (χ0v) is 13.5. The average Bonchev–Trinajstić information content (AvgIpc) is 3.15. The molecular weight excluding hydrogens is 295 g/mol. The standard InChI is InChI=1S/C18H23FN2O2/c1-12-5-4-8-16(19)15(12)10-20-18(23)13-9-17(22)21(11-13)14-6-2-3-7-14/h4-5,8,13-14H,2-3,6-7,9-11H2,1H3,(H,20,23). The normalized spacial score (nSPS) is 21.9. The molecule has 2 aliphatic rings. The molecule has 1 aliphatic heterocycles. The number of hydrogen-bond donors (Lipinski definition) is 1. The summed E-state index contributed by atoms with van der Waals surface area (Å²) in [5, 5.41) is 2.80. The lowest BCUT2D eigenvalue weighted by Gasteiger charge is -2.23. The van der Waals surface area contributed by atoms with Crippen LogP contribution in [0.5, 0.6) is 0 Å². The number of carbonyl (C=O) groups excluding carboxylic acids is 2. The first kappa shape index (κ1) is 16.0. The van der Waals surface area contributed by atoms with Gasteiger partial charge in [-0.25, -0.2) is 4.39 Å². The fourth-order valence-electron chi connectivity index (χ4n) is 3.69. The molecule has 1 saturated heterocycles. The van der Waals surface area contributed by atoms with Crippen LogP contribution >= 0.6 is 0 Å². The van der Waals surface area contributed by atoms with E-state index in [1.807, 2.05) is 17.9 Å². The summed E-state index contributed by atoms with van der Waals surface area (Å²) in [5.41, 5.74) is 1.33. The Labute approximate surface area is 136 Å². The number of likely N-dealkylation sites (tertiary alicyclic amines) is 1. The highest BCUT2D eigenvalue weighted by molar-refractivity contribution is 5.89. The molecule has 1 heterocycles. The molecule has 3 rings (SSSR count). The molecule has 0 spiro atoms. The highest BCUT2D eigenvalue weighted by Crippen LogP contribution is 2.29. The van der Waals surface area contributed by atoms with E-state index in [0.29, 0.717) is 18.2 Å². The van der Waals surface area contributed by atoms with E-state index in [2.05, 4.69) is 5.32 Å². The SMILES string of the molecule is Cc1cccc(F)c1CNC(=O)C1CC(=O)N(C2CCCC2)C1. The number of aryl methyl sites for hydroxylation is 1. The molecule has 1 N–H and O–H groups in total. The Morgan fingerprint density at radius 1 is 1.35 bits per heavy atom. The Kier molecular flexibility index (Phi) is 4.64. The second-order valence-electron chi connectivity index (χ2n) is 6.64. The summed E-state index contributed by atoms with van der Waals surface area (Å²) in [7, 11) is 0. The van der Waals surface area contributed by atoms with Crippen LogP contribution in [0.2, 0.25) is 0 Å². The largest absolute Gasteiger partial charge is 0.352 e. The Balaban J connectivity index is 1.58. The van der Waals surface area contributed by atoms with Gasteiger partial charge in [0.25, 0.3) is 0 Å². The van der Waals surface area contributed by atoms with Crippen molar-refractivity contribution in [3.8, 4) is 0 Å². The predicted octanol–water partition coefficient (Wildman–Crippen LogP) is 2.54. The van der Waals surface area contributed by atoms with Crippen LogP contribution in [-0.4, -0.2) is 29.3 Å². The molecule has 1 aromatic rings. The quantitative estimate of drug-likeness (QED) is 0.927. The van der Waals surface area contributed by atoms with E-state index >= 15 is 0 Å². The molecule has 1 saturated carbocycles. The molecule has 0 bridgehead atoms. The molecule has 0 radical (unpaired) electrons. The molecule has 1 aromatic carbocycles. The number of carbonyl (C=O) groups is 2. The smallest absolute Gasteiger partial charge is 0.225 e. The predicted molar refractivity (Wildman–Crippen MR) is 85.1 cm³/mol. The van der Waals surface area contributed by atoms with Crippen LogP contribution in [0.4, 0.5) is 4.39 Å². The monoisotopic (exact) mass is 318 g/mol. The molecule has 2 fully saturated rings. The van der Waals surface area contributed by atoms with Crippen molar-refractivity contribution < 1.29 is 14.0 Å². The number of nitrogens with zero attached hydrogens (tertiary/aromatic N) is 1. The van der Waals surface area contributed by atoms with Gasteiger partial charge in [-0.3, -0.25) is 9.59 Å². The minimum absolute atomic E-state index is 0.0825. The zero-order valence-electron chi connectivity index (χ0n) is 13.5. The summed E-state index contributed by atoms with van der Waals surface area (Å²) in [6.45, 7) is 2.50. The molecular formula is C18H23FN2O2. The highest BCUT2D eigenvalue weighted by Gasteiger charge is 2.38. The number of benzene rings is 1. The van der Waals surface area contributed by atoms with Gasteiger partial charge in [0.15, 0.2) is 0 Å². The van der Waals surface area contributed by atoms with Crippen LogP contribution in [0.3, 0.4) is 0 Å². The molecule has 1 atom stereocenters. The Morgan fingerprint density at radius 3 is 2.78 bits per heavy atom. The topological polar surface area (TPSA) is 49.4 Å². The molecule has 4 nitrogen and oxygen atoms in total. The molecule has 2 amide bonds. The van der Waals surface area contributed by atoms with E-state index in [4.69, 9.17) is 0 Å². The van der Waals surface area contributed by atoms with Crippen molar-refractivity contribution in [2.24, 2.45) is 5.92 Å². The van der Waals surface area contributed by atoms with Gasteiger partial charge in [-0.15, -0.1) is 0 Å². The summed E-state index contributed by atoms with van der Waals surface area (Å²) in [6, 6.07) is 5.19. The van der Waals surface area contributed by atoms with Crippen molar-refractivity contribution in [3.05, 3.63) is 35.1 Å². The third-order valence-corrected chi connectivity index (χ3v) is 5.09. The fourth-order valence-corrected chi connectivity index (χ4v) is 3.69. The highest BCUT2D eigenvalue weighted by atomic mass is 19.1. The lowest BCUT2D eigenvalue weighted by atomic mass is 10.1. The van der Waals surface area contributed by atoms with Crippen LogP contribution in [0.25, 0.3) is 0 Å². The van der Waals surface area contributed by atoms with E-state index in [-0.39, 0.29) is 36.5 Å². The Bertz CT molecular complexity index is 591. The molecule has 1 aliphatic carbocycles. The number of halogens is 1. The fraction of sp³-hybridized carbons (Fsp3) is 0.556. The molecule has 1 unspecified atom stereocenters. The van der Waals surface area contributed by atoms with Gasteiger partial charge in [0.05, 0.1) is 5.92 Å². The van der Waals surface area contributed by atoms with Gasteiger partial charge in [0, 0.05) is 31.1 Å². The Morgan fingerprint density at radius 2 is 2.09 bits per heavy atom. The number of hydrogen-bond acceptors (Lipinski definition) is 2. The van der Waals surface area contributed by atoms with Gasteiger partial charge in [-0.2, -0.15) is 0 Å². The third-order valence-electron chi connectivity index (χ3n) is 5.09. The Hall–Kier alpha value is -1.91. The van der Waals surface area contributed by atoms with Crippen molar-refractivity contribution in [2.75, 3.05) is 6.54 Å².